The van der Waals surface area contributed by atoms with Crippen LogP contribution in [0.15, 0.2) is 30.6 Å². The summed E-state index contributed by atoms with van der Waals surface area (Å²) < 4.78 is 6.60. The molecule has 2 heterocycles. The van der Waals surface area contributed by atoms with Gasteiger partial charge in [-0.2, -0.15) is 5.10 Å². The van der Waals surface area contributed by atoms with Crippen LogP contribution in [0.5, 0.6) is 0 Å². The first-order valence-electron chi connectivity index (χ1n) is 8.76. The quantitative estimate of drug-likeness (QED) is 0.744. The molecular formula is C19H25N5O4. The van der Waals surface area contributed by atoms with Gasteiger partial charge in [-0.1, -0.05) is 6.07 Å². The fourth-order valence-corrected chi connectivity index (χ4v) is 2.40. The molecule has 0 fully saturated rings. The fraction of sp³-hybridized carbons (Fsp3) is 0.421. The second kappa shape index (κ2) is 8.64. The summed E-state index contributed by atoms with van der Waals surface area (Å²) in [6, 6.07) is 5.35. The SMILES string of the molecule is Cc1c(C(=O)OCC(=O)N(C)CC(=O)NC(C)(C)C)cnn1-c1ccccn1. The van der Waals surface area contributed by atoms with E-state index < -0.39 is 24.0 Å². The molecule has 2 aromatic heterocycles. The average molecular weight is 387 g/mol. The Bertz CT molecular complexity index is 855. The molecule has 0 aliphatic heterocycles. The zero-order chi connectivity index (χ0) is 20.9. The summed E-state index contributed by atoms with van der Waals surface area (Å²) in [4.78, 5) is 41.7. The molecule has 0 atom stereocenters. The Hall–Kier alpha value is -3.23. The zero-order valence-electron chi connectivity index (χ0n) is 16.7. The van der Waals surface area contributed by atoms with Crippen LogP contribution in [-0.4, -0.2) is 63.2 Å². The van der Waals surface area contributed by atoms with E-state index in [0.717, 1.165) is 0 Å². The van der Waals surface area contributed by atoms with E-state index >= 15 is 0 Å². The van der Waals surface area contributed by atoms with Crippen LogP contribution >= 0.6 is 0 Å². The second-order valence-corrected chi connectivity index (χ2v) is 7.37. The van der Waals surface area contributed by atoms with Gasteiger partial charge in [-0.15, -0.1) is 0 Å². The summed E-state index contributed by atoms with van der Waals surface area (Å²) in [7, 11) is 1.47. The maximum Gasteiger partial charge on any atom is 0.342 e. The molecule has 2 amide bonds. The van der Waals surface area contributed by atoms with Crippen LogP contribution in [0.1, 0.15) is 36.8 Å². The summed E-state index contributed by atoms with van der Waals surface area (Å²) >= 11 is 0. The molecule has 1 N–H and O–H groups in total. The predicted molar refractivity (Wildman–Crippen MR) is 102 cm³/mol. The highest BCUT2D eigenvalue weighted by Gasteiger charge is 2.21. The Morgan fingerprint density at radius 3 is 2.57 bits per heavy atom. The smallest absolute Gasteiger partial charge is 0.342 e. The molecule has 2 aromatic rings. The molecule has 0 aromatic carbocycles. The number of nitrogens with zero attached hydrogens (tertiary/aromatic N) is 4. The number of likely N-dealkylation sites (N-methyl/N-ethyl adjacent to an activating group) is 1. The standard InChI is InChI=1S/C19H25N5O4/c1-13-14(10-21-24(13)15-8-6-7-9-20-15)18(27)28-12-17(26)23(5)11-16(25)22-19(2,3)4/h6-10H,11-12H2,1-5H3,(H,22,25). The number of carbonyl (C=O) groups excluding carboxylic acids is 3. The van der Waals surface area contributed by atoms with Crippen LogP contribution in [0.25, 0.3) is 5.82 Å². The minimum absolute atomic E-state index is 0.121. The third-order valence-electron chi connectivity index (χ3n) is 3.74. The minimum Gasteiger partial charge on any atom is -0.452 e. The number of hydrogen-bond acceptors (Lipinski definition) is 6. The van der Waals surface area contributed by atoms with Crippen molar-refractivity contribution in [2.75, 3.05) is 20.2 Å². The van der Waals surface area contributed by atoms with E-state index in [1.165, 1.54) is 22.8 Å². The summed E-state index contributed by atoms with van der Waals surface area (Å²) in [5.74, 6) is -0.866. The molecule has 0 aliphatic carbocycles. The predicted octanol–water partition coefficient (Wildman–Crippen LogP) is 1.11. The van der Waals surface area contributed by atoms with Crippen LogP contribution < -0.4 is 5.32 Å². The number of pyridine rings is 1. The number of nitrogens with one attached hydrogen (secondary N) is 1. The highest BCUT2D eigenvalue weighted by molar-refractivity contribution is 5.92. The molecule has 0 aliphatic rings. The molecule has 150 valence electrons. The van der Waals surface area contributed by atoms with Crippen molar-refractivity contribution in [2.24, 2.45) is 0 Å². The van der Waals surface area contributed by atoms with E-state index in [1.807, 2.05) is 26.8 Å². The molecule has 0 saturated carbocycles. The van der Waals surface area contributed by atoms with Crippen LogP contribution in [0, 0.1) is 6.92 Å². The van der Waals surface area contributed by atoms with E-state index in [0.29, 0.717) is 11.5 Å². The van der Waals surface area contributed by atoms with Gasteiger partial charge in [0, 0.05) is 18.8 Å². The third-order valence-corrected chi connectivity index (χ3v) is 3.74. The maximum atomic E-state index is 12.3. The van der Waals surface area contributed by atoms with Gasteiger partial charge in [0.05, 0.1) is 18.4 Å². The van der Waals surface area contributed by atoms with Crippen LogP contribution in [0.3, 0.4) is 0 Å². The summed E-state index contributed by atoms with van der Waals surface area (Å²) in [5.41, 5.74) is 0.402. The second-order valence-electron chi connectivity index (χ2n) is 7.37. The highest BCUT2D eigenvalue weighted by Crippen LogP contribution is 2.13. The van der Waals surface area contributed by atoms with Crippen LogP contribution in [0.4, 0.5) is 0 Å². The lowest BCUT2D eigenvalue weighted by Gasteiger charge is -2.23. The number of rotatable bonds is 6. The van der Waals surface area contributed by atoms with E-state index in [1.54, 1.807) is 25.3 Å². The van der Waals surface area contributed by atoms with Crippen molar-refractivity contribution in [3.8, 4) is 5.82 Å². The third kappa shape index (κ3) is 5.63. The van der Waals surface area contributed by atoms with Gasteiger partial charge in [-0.25, -0.2) is 14.5 Å². The van der Waals surface area contributed by atoms with Gasteiger partial charge in [-0.05, 0) is 39.8 Å². The summed E-state index contributed by atoms with van der Waals surface area (Å²) in [5, 5.41) is 6.91. The Balaban J connectivity index is 1.92. The topological polar surface area (TPSA) is 106 Å². The van der Waals surface area contributed by atoms with E-state index in [2.05, 4.69) is 15.4 Å². The number of aromatic nitrogens is 3. The fourth-order valence-electron chi connectivity index (χ4n) is 2.40. The summed E-state index contributed by atoms with van der Waals surface area (Å²) in [6.45, 7) is 6.67. The molecule has 9 heteroatoms. The van der Waals surface area contributed by atoms with E-state index in [4.69, 9.17) is 4.74 Å². The molecular weight excluding hydrogens is 362 g/mol. The van der Waals surface area contributed by atoms with Gasteiger partial charge in [0.1, 0.15) is 5.56 Å². The van der Waals surface area contributed by atoms with Crippen molar-refractivity contribution < 1.29 is 19.1 Å². The lowest BCUT2D eigenvalue weighted by molar-refractivity contribution is -0.137. The number of ether oxygens (including phenoxy) is 1. The minimum atomic E-state index is -0.666. The average Bonchev–Trinajstić information content (AvgIpc) is 2.99. The van der Waals surface area contributed by atoms with Gasteiger partial charge in [-0.3, -0.25) is 9.59 Å². The first-order valence-corrected chi connectivity index (χ1v) is 8.76. The Morgan fingerprint density at radius 1 is 1.25 bits per heavy atom. The molecule has 2 rings (SSSR count). The first-order chi connectivity index (χ1) is 13.1. The van der Waals surface area contributed by atoms with Crippen molar-refractivity contribution in [3.05, 3.63) is 41.9 Å². The normalized spacial score (nSPS) is 11.0. The summed E-state index contributed by atoms with van der Waals surface area (Å²) in [6.07, 6.45) is 3.00. The van der Waals surface area contributed by atoms with Gasteiger partial charge < -0.3 is 15.0 Å². The maximum absolute atomic E-state index is 12.3. The van der Waals surface area contributed by atoms with Crippen molar-refractivity contribution in [2.45, 2.75) is 33.2 Å². The zero-order valence-corrected chi connectivity index (χ0v) is 16.7. The lowest BCUT2D eigenvalue weighted by Crippen LogP contribution is -2.46. The molecule has 0 saturated heterocycles. The molecule has 0 spiro atoms. The largest absolute Gasteiger partial charge is 0.452 e. The van der Waals surface area contributed by atoms with Crippen molar-refractivity contribution in [1.82, 2.24) is 25.0 Å². The molecule has 0 radical (unpaired) electrons. The van der Waals surface area contributed by atoms with Gasteiger partial charge in [0.25, 0.3) is 5.91 Å². The van der Waals surface area contributed by atoms with Gasteiger partial charge in [0.2, 0.25) is 5.91 Å². The molecule has 9 nitrogen and oxygen atoms in total. The first kappa shape index (κ1) is 21.1. The Kier molecular flexibility index (Phi) is 6.50. The van der Waals surface area contributed by atoms with Crippen molar-refractivity contribution >= 4 is 17.8 Å². The Morgan fingerprint density at radius 2 is 1.96 bits per heavy atom. The number of amides is 2. The van der Waals surface area contributed by atoms with Crippen molar-refractivity contribution in [1.29, 1.82) is 0 Å². The van der Waals surface area contributed by atoms with Crippen molar-refractivity contribution in [3.63, 3.8) is 0 Å². The molecule has 28 heavy (non-hydrogen) atoms. The van der Waals surface area contributed by atoms with Gasteiger partial charge in [0.15, 0.2) is 12.4 Å². The monoisotopic (exact) mass is 387 g/mol. The van der Waals surface area contributed by atoms with E-state index in [9.17, 15) is 14.4 Å². The number of esters is 1. The lowest BCUT2D eigenvalue weighted by atomic mass is 10.1. The number of hydrogen-bond donors (Lipinski definition) is 1. The molecule has 0 bridgehead atoms. The Labute approximate surface area is 163 Å². The highest BCUT2D eigenvalue weighted by atomic mass is 16.5. The van der Waals surface area contributed by atoms with Gasteiger partial charge >= 0.3 is 5.97 Å². The number of carbonyl (C=O) groups is 3. The van der Waals surface area contributed by atoms with Crippen LogP contribution in [-0.2, 0) is 14.3 Å². The van der Waals surface area contributed by atoms with E-state index in [-0.39, 0.29) is 18.0 Å². The molecule has 0 unspecified atom stereocenters. The van der Waals surface area contributed by atoms with Crippen LogP contribution in [0.2, 0.25) is 0 Å².